The van der Waals surface area contributed by atoms with Gasteiger partial charge >= 0.3 is 0 Å². The minimum atomic E-state index is 0. The number of nitrogens with zero attached hydrogens (tertiary/aromatic N) is 2. The van der Waals surface area contributed by atoms with Crippen LogP contribution in [0.15, 0.2) is 42.6 Å². The summed E-state index contributed by atoms with van der Waals surface area (Å²) in [6, 6.07) is 13.2. The fraction of sp³-hybridized carbons (Fsp3) is 0.435. The molecule has 0 spiro atoms. The van der Waals surface area contributed by atoms with Crippen molar-refractivity contribution in [3.63, 3.8) is 0 Å². The molecule has 142 valence electrons. The summed E-state index contributed by atoms with van der Waals surface area (Å²) in [5.41, 5.74) is 3.94. The second-order valence-electron chi connectivity index (χ2n) is 7.44. The molecule has 0 N–H and O–H groups in total. The molecule has 2 aromatic heterocycles. The molecule has 0 aliphatic heterocycles. The molecule has 2 unspecified atom stereocenters. The van der Waals surface area contributed by atoms with Gasteiger partial charge in [-0.2, -0.15) is 0 Å². The average Bonchev–Trinajstić information content (AvgIpc) is 3.04. The minimum Gasteiger partial charge on any atom is -0.429 e. The van der Waals surface area contributed by atoms with E-state index in [-0.39, 0.29) is 20.4 Å². The SMILES string of the molecule is CCC(C)c1ccnc(-n2[c-]cc3cc(C(CC)C(C)C)ccc32)c1.[Pd]. The first-order valence-corrected chi connectivity index (χ1v) is 9.54. The standard InChI is InChI=1S/C23H29N2.Pd/c1-6-17(5)18-10-12-24-23(15-18)25-13-11-20-14-19(8-9-22(20)25)21(7-2)16(3)4;/h8-12,14-17,21H,6-7H2,1-5H3;/q-1;. The molecule has 26 heavy (non-hydrogen) atoms. The Labute approximate surface area is 171 Å². The van der Waals surface area contributed by atoms with E-state index in [0.29, 0.717) is 17.8 Å². The maximum atomic E-state index is 4.58. The Morgan fingerprint density at radius 2 is 1.77 bits per heavy atom. The zero-order valence-electron chi connectivity index (χ0n) is 16.4. The van der Waals surface area contributed by atoms with Crippen molar-refractivity contribution in [3.8, 4) is 5.82 Å². The first-order chi connectivity index (χ1) is 12.0. The number of pyridine rings is 1. The predicted octanol–water partition coefficient (Wildman–Crippen LogP) is 6.49. The molecule has 0 saturated carbocycles. The summed E-state index contributed by atoms with van der Waals surface area (Å²) in [4.78, 5) is 4.58. The molecular formula is C23H29N2Pd-. The summed E-state index contributed by atoms with van der Waals surface area (Å²) in [5.74, 6) is 2.77. The van der Waals surface area contributed by atoms with Crippen molar-refractivity contribution >= 4 is 10.9 Å². The van der Waals surface area contributed by atoms with E-state index in [1.54, 1.807) is 0 Å². The fourth-order valence-electron chi connectivity index (χ4n) is 3.71. The Bertz CT molecular complexity index is 850. The molecule has 0 amide bonds. The third kappa shape index (κ3) is 4.11. The van der Waals surface area contributed by atoms with Crippen LogP contribution in [0.1, 0.15) is 70.4 Å². The van der Waals surface area contributed by atoms with E-state index in [2.05, 4.69) is 86.8 Å². The van der Waals surface area contributed by atoms with Gasteiger partial charge in [0.2, 0.25) is 0 Å². The van der Waals surface area contributed by atoms with Gasteiger partial charge in [0.25, 0.3) is 0 Å². The molecule has 2 heterocycles. The van der Waals surface area contributed by atoms with Gasteiger partial charge in [0, 0.05) is 26.6 Å². The molecular weight excluding hydrogens is 411 g/mol. The first kappa shape index (κ1) is 20.9. The molecule has 0 aliphatic carbocycles. The molecule has 2 atom stereocenters. The van der Waals surface area contributed by atoms with Crippen molar-refractivity contribution in [1.82, 2.24) is 9.55 Å². The van der Waals surface area contributed by atoms with Gasteiger partial charge in [-0.05, 0) is 42.2 Å². The molecule has 2 nitrogen and oxygen atoms in total. The molecule has 3 heteroatoms. The van der Waals surface area contributed by atoms with Gasteiger partial charge in [-0.3, -0.25) is 4.98 Å². The maximum absolute atomic E-state index is 4.58. The van der Waals surface area contributed by atoms with Crippen LogP contribution < -0.4 is 0 Å². The van der Waals surface area contributed by atoms with E-state index >= 15 is 0 Å². The Morgan fingerprint density at radius 3 is 2.42 bits per heavy atom. The second kappa shape index (κ2) is 8.98. The summed E-state index contributed by atoms with van der Waals surface area (Å²) >= 11 is 0. The Hall–Kier alpha value is -1.43. The summed E-state index contributed by atoms with van der Waals surface area (Å²) in [7, 11) is 0. The van der Waals surface area contributed by atoms with Gasteiger partial charge in [0.15, 0.2) is 0 Å². The van der Waals surface area contributed by atoms with Crippen LogP contribution in [0, 0.1) is 12.1 Å². The van der Waals surface area contributed by atoms with E-state index in [4.69, 9.17) is 0 Å². The van der Waals surface area contributed by atoms with E-state index in [9.17, 15) is 0 Å². The molecule has 0 bridgehead atoms. The number of aromatic nitrogens is 2. The van der Waals surface area contributed by atoms with Crippen LogP contribution in [0.4, 0.5) is 0 Å². The molecule has 3 rings (SSSR count). The monoisotopic (exact) mass is 439 g/mol. The van der Waals surface area contributed by atoms with Crippen LogP contribution in [0.2, 0.25) is 0 Å². The van der Waals surface area contributed by atoms with Crippen LogP contribution in [-0.2, 0) is 20.4 Å². The van der Waals surface area contributed by atoms with Gasteiger partial charge in [-0.25, -0.2) is 0 Å². The van der Waals surface area contributed by atoms with Crippen molar-refractivity contribution in [1.29, 1.82) is 0 Å². The molecule has 0 saturated heterocycles. The Balaban J connectivity index is 0.00000243. The predicted molar refractivity (Wildman–Crippen MR) is 106 cm³/mol. The van der Waals surface area contributed by atoms with Crippen molar-refractivity contribution in [3.05, 3.63) is 59.9 Å². The molecule has 3 aromatic rings. The first-order valence-electron chi connectivity index (χ1n) is 9.54. The number of benzene rings is 1. The number of hydrogen-bond donors (Lipinski definition) is 0. The van der Waals surface area contributed by atoms with Gasteiger partial charge in [0.05, 0.1) is 5.82 Å². The van der Waals surface area contributed by atoms with Gasteiger partial charge in [0.1, 0.15) is 0 Å². The summed E-state index contributed by atoms with van der Waals surface area (Å²) in [6.07, 6.45) is 7.60. The largest absolute Gasteiger partial charge is 0.429 e. The van der Waals surface area contributed by atoms with Gasteiger partial charge < -0.3 is 4.57 Å². The molecule has 1 aromatic carbocycles. The summed E-state index contributed by atoms with van der Waals surface area (Å²) < 4.78 is 2.08. The molecule has 0 aliphatic rings. The van der Waals surface area contributed by atoms with Gasteiger partial charge in [-0.1, -0.05) is 70.1 Å². The minimum absolute atomic E-state index is 0. The number of hydrogen-bond acceptors (Lipinski definition) is 1. The molecule has 0 radical (unpaired) electrons. The van der Waals surface area contributed by atoms with Crippen LogP contribution in [0.5, 0.6) is 0 Å². The fourth-order valence-corrected chi connectivity index (χ4v) is 3.71. The Kier molecular flexibility index (Phi) is 7.21. The normalized spacial score (nSPS) is 13.6. The summed E-state index contributed by atoms with van der Waals surface area (Å²) in [5, 5.41) is 1.24. The quantitative estimate of drug-likeness (QED) is 0.317. The van der Waals surface area contributed by atoms with E-state index < -0.39 is 0 Å². The van der Waals surface area contributed by atoms with E-state index in [0.717, 1.165) is 12.2 Å². The van der Waals surface area contributed by atoms with Crippen molar-refractivity contribution in [2.45, 2.75) is 59.3 Å². The van der Waals surface area contributed by atoms with Crippen LogP contribution in [-0.4, -0.2) is 9.55 Å². The third-order valence-corrected chi connectivity index (χ3v) is 5.49. The number of rotatable bonds is 6. The number of fused-ring (bicyclic) bond motifs is 1. The van der Waals surface area contributed by atoms with E-state index in [1.165, 1.54) is 28.5 Å². The second-order valence-corrected chi connectivity index (χ2v) is 7.44. The van der Waals surface area contributed by atoms with Crippen molar-refractivity contribution < 1.29 is 20.4 Å². The zero-order valence-corrected chi connectivity index (χ0v) is 18.0. The van der Waals surface area contributed by atoms with Crippen molar-refractivity contribution in [2.24, 2.45) is 5.92 Å². The summed E-state index contributed by atoms with van der Waals surface area (Å²) in [6.45, 7) is 11.4. The van der Waals surface area contributed by atoms with Crippen LogP contribution in [0.3, 0.4) is 0 Å². The zero-order chi connectivity index (χ0) is 18.0. The maximum Gasteiger partial charge on any atom is 0.0543 e. The smallest absolute Gasteiger partial charge is 0.0543 e. The van der Waals surface area contributed by atoms with Crippen molar-refractivity contribution in [2.75, 3.05) is 0 Å². The van der Waals surface area contributed by atoms with Crippen LogP contribution >= 0.6 is 0 Å². The average molecular weight is 440 g/mol. The van der Waals surface area contributed by atoms with E-state index in [1.807, 2.05) is 6.20 Å². The third-order valence-electron chi connectivity index (χ3n) is 5.49. The topological polar surface area (TPSA) is 17.8 Å². The molecule has 0 fully saturated rings. The van der Waals surface area contributed by atoms with Gasteiger partial charge in [-0.15, -0.1) is 17.5 Å². The Morgan fingerprint density at radius 1 is 1.00 bits per heavy atom. The van der Waals surface area contributed by atoms with Crippen LogP contribution in [0.25, 0.3) is 16.7 Å².